The van der Waals surface area contributed by atoms with Crippen LogP contribution in [0.4, 0.5) is 5.69 Å². The molecule has 0 fully saturated rings. The SMILES string of the molecule is COc1ccccc1NC1=C(c2ccc(OC(C)C)cc2)C(=O)N(C)C1=O. The number of anilines is 1. The molecule has 6 heteroatoms. The lowest BCUT2D eigenvalue weighted by Gasteiger charge is -2.12. The maximum atomic E-state index is 12.7. The highest BCUT2D eigenvalue weighted by Gasteiger charge is 2.37. The molecule has 6 nitrogen and oxygen atoms in total. The van der Waals surface area contributed by atoms with Gasteiger partial charge in [0.2, 0.25) is 0 Å². The fourth-order valence-corrected chi connectivity index (χ4v) is 2.88. The van der Waals surface area contributed by atoms with Gasteiger partial charge >= 0.3 is 0 Å². The van der Waals surface area contributed by atoms with Crippen LogP contribution in [0, 0.1) is 0 Å². The Hall–Kier alpha value is -3.28. The molecule has 0 unspecified atom stereocenters. The molecule has 0 atom stereocenters. The maximum absolute atomic E-state index is 12.7. The highest BCUT2D eigenvalue weighted by molar-refractivity contribution is 6.36. The minimum atomic E-state index is -0.386. The number of benzene rings is 2. The van der Waals surface area contributed by atoms with E-state index in [9.17, 15) is 9.59 Å². The van der Waals surface area contributed by atoms with E-state index in [2.05, 4.69) is 5.32 Å². The Balaban J connectivity index is 2.02. The summed E-state index contributed by atoms with van der Waals surface area (Å²) >= 11 is 0. The van der Waals surface area contributed by atoms with Crippen LogP contribution in [-0.4, -0.2) is 37.0 Å². The summed E-state index contributed by atoms with van der Waals surface area (Å²) in [5.41, 5.74) is 1.81. The van der Waals surface area contributed by atoms with Crippen molar-refractivity contribution >= 4 is 23.1 Å². The number of hydrogen-bond donors (Lipinski definition) is 1. The van der Waals surface area contributed by atoms with E-state index in [1.165, 1.54) is 7.05 Å². The fourth-order valence-electron chi connectivity index (χ4n) is 2.88. The van der Waals surface area contributed by atoms with Crippen molar-refractivity contribution in [3.8, 4) is 11.5 Å². The van der Waals surface area contributed by atoms with Crippen molar-refractivity contribution in [2.45, 2.75) is 20.0 Å². The first-order valence-electron chi connectivity index (χ1n) is 8.66. The summed E-state index contributed by atoms with van der Waals surface area (Å²) in [6, 6.07) is 14.4. The lowest BCUT2D eigenvalue weighted by molar-refractivity contribution is -0.135. The van der Waals surface area contributed by atoms with Gasteiger partial charge in [-0.3, -0.25) is 14.5 Å². The second-order valence-corrected chi connectivity index (χ2v) is 6.44. The van der Waals surface area contributed by atoms with Gasteiger partial charge in [0.25, 0.3) is 11.8 Å². The molecule has 0 aromatic heterocycles. The van der Waals surface area contributed by atoms with Crippen molar-refractivity contribution in [3.63, 3.8) is 0 Å². The molecular formula is C21H22N2O4. The molecule has 0 saturated carbocycles. The predicted molar refractivity (Wildman–Crippen MR) is 104 cm³/mol. The number of carbonyl (C=O) groups is 2. The van der Waals surface area contributed by atoms with Gasteiger partial charge in [0.15, 0.2) is 0 Å². The highest BCUT2D eigenvalue weighted by Crippen LogP contribution is 2.33. The molecule has 0 saturated heterocycles. The second kappa shape index (κ2) is 7.53. The molecule has 1 aliphatic rings. The standard InChI is InChI=1S/C21H22N2O4/c1-13(2)27-15-11-9-14(10-12-15)18-19(21(25)23(3)20(18)24)22-16-7-5-6-8-17(16)26-4/h5-13,22H,1-4H3. The Labute approximate surface area is 158 Å². The molecule has 0 radical (unpaired) electrons. The van der Waals surface area contributed by atoms with Gasteiger partial charge in [-0.1, -0.05) is 24.3 Å². The number of ether oxygens (including phenoxy) is 2. The van der Waals surface area contributed by atoms with Gasteiger partial charge < -0.3 is 14.8 Å². The Kier molecular flexibility index (Phi) is 5.16. The van der Waals surface area contributed by atoms with E-state index in [0.29, 0.717) is 28.3 Å². The van der Waals surface area contributed by atoms with Crippen molar-refractivity contribution in [2.75, 3.05) is 19.5 Å². The third kappa shape index (κ3) is 3.65. The summed E-state index contributed by atoms with van der Waals surface area (Å²) in [5.74, 6) is 0.553. The van der Waals surface area contributed by atoms with E-state index in [-0.39, 0.29) is 23.6 Å². The number of amides is 2. The minimum Gasteiger partial charge on any atom is -0.495 e. The smallest absolute Gasteiger partial charge is 0.277 e. The number of nitrogens with zero attached hydrogens (tertiary/aromatic N) is 1. The number of imide groups is 1. The summed E-state index contributed by atoms with van der Waals surface area (Å²) in [6.45, 7) is 3.89. The molecule has 3 rings (SSSR count). The zero-order valence-electron chi connectivity index (χ0n) is 15.8. The predicted octanol–water partition coefficient (Wildman–Crippen LogP) is 3.30. The van der Waals surface area contributed by atoms with E-state index in [0.717, 1.165) is 4.90 Å². The van der Waals surface area contributed by atoms with E-state index in [4.69, 9.17) is 9.47 Å². The number of para-hydroxylation sites is 2. The second-order valence-electron chi connectivity index (χ2n) is 6.44. The third-order valence-corrected chi connectivity index (χ3v) is 4.17. The summed E-state index contributed by atoms with van der Waals surface area (Å²) in [4.78, 5) is 26.4. The lowest BCUT2D eigenvalue weighted by Crippen LogP contribution is -2.27. The number of likely N-dealkylation sites (N-methyl/N-ethyl adjacent to an activating group) is 1. The number of nitrogens with one attached hydrogen (secondary N) is 1. The van der Waals surface area contributed by atoms with Crippen LogP contribution >= 0.6 is 0 Å². The Morgan fingerprint density at radius 3 is 2.26 bits per heavy atom. The van der Waals surface area contributed by atoms with Gasteiger partial charge in [-0.05, 0) is 43.7 Å². The van der Waals surface area contributed by atoms with Gasteiger partial charge in [-0.15, -0.1) is 0 Å². The summed E-state index contributed by atoms with van der Waals surface area (Å²) < 4.78 is 11.0. The Morgan fingerprint density at radius 2 is 1.63 bits per heavy atom. The largest absolute Gasteiger partial charge is 0.495 e. The number of rotatable bonds is 6. The van der Waals surface area contributed by atoms with E-state index in [1.807, 2.05) is 26.0 Å². The van der Waals surface area contributed by atoms with Gasteiger partial charge in [-0.2, -0.15) is 0 Å². The van der Waals surface area contributed by atoms with Crippen molar-refractivity contribution < 1.29 is 19.1 Å². The fraction of sp³-hybridized carbons (Fsp3) is 0.238. The molecule has 1 heterocycles. The lowest BCUT2D eigenvalue weighted by atomic mass is 10.0. The first-order valence-corrected chi connectivity index (χ1v) is 8.66. The van der Waals surface area contributed by atoms with Gasteiger partial charge in [0.1, 0.15) is 17.2 Å². The maximum Gasteiger partial charge on any atom is 0.277 e. The van der Waals surface area contributed by atoms with Crippen LogP contribution in [0.5, 0.6) is 11.5 Å². The van der Waals surface area contributed by atoms with Crippen LogP contribution in [0.25, 0.3) is 5.57 Å². The van der Waals surface area contributed by atoms with Crippen LogP contribution in [0.3, 0.4) is 0 Å². The average Bonchev–Trinajstić information content (AvgIpc) is 2.86. The Bertz CT molecular complexity index is 901. The van der Waals surface area contributed by atoms with E-state index >= 15 is 0 Å². The molecule has 27 heavy (non-hydrogen) atoms. The van der Waals surface area contributed by atoms with Crippen molar-refractivity contribution in [2.24, 2.45) is 0 Å². The van der Waals surface area contributed by atoms with Crippen LogP contribution in [0.15, 0.2) is 54.2 Å². The first-order chi connectivity index (χ1) is 12.9. The summed E-state index contributed by atoms with van der Waals surface area (Å²) in [7, 11) is 3.02. The summed E-state index contributed by atoms with van der Waals surface area (Å²) in [5, 5.41) is 3.08. The van der Waals surface area contributed by atoms with E-state index < -0.39 is 0 Å². The normalized spacial score (nSPS) is 14.2. The monoisotopic (exact) mass is 366 g/mol. The molecule has 0 aliphatic carbocycles. The van der Waals surface area contributed by atoms with Crippen LogP contribution in [0.1, 0.15) is 19.4 Å². The molecule has 1 aliphatic heterocycles. The van der Waals surface area contributed by atoms with Gasteiger partial charge in [0.05, 0.1) is 24.5 Å². The topological polar surface area (TPSA) is 67.9 Å². The molecular weight excluding hydrogens is 344 g/mol. The van der Waals surface area contributed by atoms with Crippen molar-refractivity contribution in [3.05, 3.63) is 59.8 Å². The van der Waals surface area contributed by atoms with Crippen LogP contribution in [-0.2, 0) is 9.59 Å². The quantitative estimate of drug-likeness (QED) is 0.795. The van der Waals surface area contributed by atoms with Crippen LogP contribution < -0.4 is 14.8 Å². The average molecular weight is 366 g/mol. The zero-order chi connectivity index (χ0) is 19.6. The molecule has 140 valence electrons. The molecule has 1 N–H and O–H groups in total. The van der Waals surface area contributed by atoms with Crippen molar-refractivity contribution in [1.82, 2.24) is 4.90 Å². The third-order valence-electron chi connectivity index (χ3n) is 4.17. The minimum absolute atomic E-state index is 0.0543. The molecule has 0 spiro atoms. The molecule has 0 bridgehead atoms. The summed E-state index contributed by atoms with van der Waals surface area (Å²) in [6.07, 6.45) is 0.0543. The molecule has 2 aromatic rings. The number of hydrogen-bond acceptors (Lipinski definition) is 5. The first kappa shape index (κ1) is 18.5. The van der Waals surface area contributed by atoms with Gasteiger partial charge in [-0.25, -0.2) is 0 Å². The van der Waals surface area contributed by atoms with Crippen LogP contribution in [0.2, 0.25) is 0 Å². The van der Waals surface area contributed by atoms with Crippen molar-refractivity contribution in [1.29, 1.82) is 0 Å². The Morgan fingerprint density at radius 1 is 0.963 bits per heavy atom. The molecule has 2 amide bonds. The number of carbonyl (C=O) groups excluding carboxylic acids is 2. The van der Waals surface area contributed by atoms with E-state index in [1.54, 1.807) is 43.5 Å². The number of methoxy groups -OCH3 is 1. The molecule has 2 aromatic carbocycles. The van der Waals surface area contributed by atoms with Gasteiger partial charge in [0, 0.05) is 7.05 Å². The highest BCUT2D eigenvalue weighted by atomic mass is 16.5. The zero-order valence-corrected chi connectivity index (χ0v) is 15.8.